The Kier molecular flexibility index (Phi) is 8.76. The van der Waals surface area contributed by atoms with Gasteiger partial charge in [-0.15, -0.1) is 0 Å². The third kappa shape index (κ3) is 4.91. The number of carbonyl (C=O) groups is 2. The van der Waals surface area contributed by atoms with Crippen molar-refractivity contribution >= 4 is 17.8 Å². The molecule has 48 heavy (non-hydrogen) atoms. The fraction of sp³-hybridized carbons (Fsp3) is 0.556. The van der Waals surface area contributed by atoms with Gasteiger partial charge in [-0.05, 0) is 146 Å². The molecule has 0 saturated heterocycles. The second-order valence-electron chi connectivity index (χ2n) is 16.9. The maximum Gasteiger partial charge on any atom is 0.335 e. The lowest BCUT2D eigenvalue weighted by Gasteiger charge is -2.71. The van der Waals surface area contributed by atoms with Crippen molar-refractivity contribution in [3.05, 3.63) is 89.0 Å². The Morgan fingerprint density at radius 1 is 0.917 bits per heavy atom. The number of carboxylic acids is 1. The van der Waals surface area contributed by atoms with Crippen LogP contribution in [-0.4, -0.2) is 17.4 Å². The van der Waals surface area contributed by atoms with Crippen molar-refractivity contribution in [2.24, 2.45) is 57.2 Å². The van der Waals surface area contributed by atoms with Crippen molar-refractivity contribution in [2.75, 3.05) is 0 Å². The predicted octanol–water partition coefficient (Wildman–Crippen LogP) is 11.1. The molecule has 2 aromatic carbocycles. The molecule has 0 heterocycles. The van der Waals surface area contributed by atoms with E-state index in [0.717, 1.165) is 31.1 Å². The summed E-state index contributed by atoms with van der Waals surface area (Å²) in [6.45, 7) is 17.2. The van der Waals surface area contributed by atoms with Crippen LogP contribution in [0.15, 0.2) is 66.8 Å². The molecule has 0 aromatic heterocycles. The van der Waals surface area contributed by atoms with Crippen LogP contribution in [-0.2, 0) is 0 Å². The van der Waals surface area contributed by atoms with E-state index in [-0.39, 0.29) is 29.1 Å². The van der Waals surface area contributed by atoms with Gasteiger partial charge in [0.25, 0.3) is 0 Å². The Morgan fingerprint density at radius 2 is 1.65 bits per heavy atom. The summed E-state index contributed by atoms with van der Waals surface area (Å²) in [5.41, 5.74) is 6.57. The fourth-order valence-corrected chi connectivity index (χ4v) is 12.7. The van der Waals surface area contributed by atoms with Crippen LogP contribution in [0.5, 0.6) is 0 Å². The van der Waals surface area contributed by atoms with Gasteiger partial charge in [0, 0.05) is 16.5 Å². The van der Waals surface area contributed by atoms with E-state index in [1.54, 1.807) is 12.1 Å². The lowest BCUT2D eigenvalue weighted by atomic mass is 9.33. The number of carbonyl (C=O) groups excluding carboxylic acids is 1. The first-order chi connectivity index (χ1) is 22.4. The summed E-state index contributed by atoms with van der Waals surface area (Å²) < 4.78 is 0. The van der Waals surface area contributed by atoms with E-state index in [1.807, 2.05) is 36.4 Å². The molecular formula is C45H56O3. The first kappa shape index (κ1) is 34.5. The molecule has 0 amide bonds. The van der Waals surface area contributed by atoms with Gasteiger partial charge in [0.2, 0.25) is 0 Å². The van der Waals surface area contributed by atoms with Crippen LogP contribution < -0.4 is 0 Å². The summed E-state index contributed by atoms with van der Waals surface area (Å²) in [5.74, 6) is 9.99. The van der Waals surface area contributed by atoms with Gasteiger partial charge in [-0.3, -0.25) is 4.79 Å². The van der Waals surface area contributed by atoms with Crippen molar-refractivity contribution in [3.63, 3.8) is 0 Å². The molecule has 0 spiro atoms. The van der Waals surface area contributed by atoms with E-state index < -0.39 is 5.97 Å². The van der Waals surface area contributed by atoms with Gasteiger partial charge in [0.05, 0.1) is 5.56 Å². The topological polar surface area (TPSA) is 54.4 Å². The monoisotopic (exact) mass is 644 g/mol. The summed E-state index contributed by atoms with van der Waals surface area (Å²) in [7, 11) is 0. The molecule has 5 aliphatic carbocycles. The van der Waals surface area contributed by atoms with Crippen LogP contribution in [0.4, 0.5) is 0 Å². The molecular weight excluding hydrogens is 588 g/mol. The third-order valence-electron chi connectivity index (χ3n) is 15.3. The molecule has 2 aromatic rings. The molecule has 4 saturated carbocycles. The van der Waals surface area contributed by atoms with Gasteiger partial charge >= 0.3 is 5.97 Å². The normalized spacial score (nSPS) is 39.5. The highest BCUT2D eigenvalue weighted by Crippen LogP contribution is 2.76. The predicted molar refractivity (Wildman–Crippen MR) is 197 cm³/mol. The van der Waals surface area contributed by atoms with Crippen LogP contribution in [0.3, 0.4) is 0 Å². The van der Waals surface area contributed by atoms with E-state index in [9.17, 15) is 14.7 Å². The zero-order chi connectivity index (χ0) is 33.4. The zero-order valence-electron chi connectivity index (χ0n) is 29.1. The molecule has 254 valence electrons. The highest BCUT2D eigenvalue weighted by Gasteiger charge is 2.69. The van der Waals surface area contributed by atoms with E-state index in [4.69, 9.17) is 0 Å². The minimum atomic E-state index is -0.868. The summed E-state index contributed by atoms with van der Waals surface area (Å²) in [4.78, 5) is 23.3. The Balaban J connectivity index is 0.00000401. The molecule has 3 nitrogen and oxygen atoms in total. The summed E-state index contributed by atoms with van der Waals surface area (Å²) in [6.07, 6.45) is 14.3. The van der Waals surface area contributed by atoms with Crippen LogP contribution >= 0.6 is 0 Å². The lowest BCUT2D eigenvalue weighted by molar-refractivity contribution is -0.215. The number of allylic oxidation sites excluding steroid dienone is 3. The fourth-order valence-electron chi connectivity index (χ4n) is 12.7. The van der Waals surface area contributed by atoms with E-state index in [2.05, 4.69) is 59.1 Å². The minimum absolute atomic E-state index is 0. The lowest BCUT2D eigenvalue weighted by Crippen LogP contribution is -2.64. The van der Waals surface area contributed by atoms with Crippen molar-refractivity contribution in [3.8, 4) is 11.8 Å². The first-order valence-electron chi connectivity index (χ1n) is 18.2. The second kappa shape index (κ2) is 12.2. The standard InChI is InChI=1S/C44H52O3.CH4/c1-28(2)34-19-24-44(23-17-30-9-7-8-10-33(30)27-45)26-25-42(5)37(39(34)44)15-16-38-41(4)21-18-35(29(3)36(41)20-22-43(38,42)6)31-11-13-32(14-12-31)40(46)47;/h7-14,18,27,29,34,36-39H,1,15-16,19-22,24-26H2,2-6H3,(H,46,47);1H4/t29?,34-,36?,37?,38?,39?,41?,42+,43?,44?;/m0./s1. The average Bonchev–Trinajstić information content (AvgIpc) is 3.44. The van der Waals surface area contributed by atoms with Gasteiger partial charge < -0.3 is 5.11 Å². The van der Waals surface area contributed by atoms with Gasteiger partial charge in [-0.25, -0.2) is 4.79 Å². The number of rotatable bonds is 4. The molecule has 8 unspecified atom stereocenters. The van der Waals surface area contributed by atoms with E-state index in [1.165, 1.54) is 55.2 Å². The smallest absolute Gasteiger partial charge is 0.335 e. The van der Waals surface area contributed by atoms with Gasteiger partial charge in [0.15, 0.2) is 6.29 Å². The highest BCUT2D eigenvalue weighted by atomic mass is 16.4. The van der Waals surface area contributed by atoms with Crippen molar-refractivity contribution in [2.45, 2.75) is 99.8 Å². The van der Waals surface area contributed by atoms with Crippen molar-refractivity contribution in [1.29, 1.82) is 0 Å². The summed E-state index contributed by atoms with van der Waals surface area (Å²) in [5, 5.41) is 9.43. The van der Waals surface area contributed by atoms with Crippen LogP contribution in [0, 0.1) is 69.0 Å². The van der Waals surface area contributed by atoms with Crippen molar-refractivity contribution in [1.82, 2.24) is 0 Å². The van der Waals surface area contributed by atoms with E-state index in [0.29, 0.717) is 46.6 Å². The first-order valence-corrected chi connectivity index (χ1v) is 18.2. The number of aldehydes is 1. The minimum Gasteiger partial charge on any atom is -0.478 e. The van der Waals surface area contributed by atoms with E-state index >= 15 is 0 Å². The molecule has 0 bridgehead atoms. The number of aromatic carboxylic acids is 1. The van der Waals surface area contributed by atoms with Crippen LogP contribution in [0.1, 0.15) is 132 Å². The third-order valence-corrected chi connectivity index (χ3v) is 15.3. The number of hydrogen-bond donors (Lipinski definition) is 1. The Bertz CT molecular complexity index is 1700. The quantitative estimate of drug-likeness (QED) is 0.205. The van der Waals surface area contributed by atoms with Gasteiger partial charge in [-0.2, -0.15) is 0 Å². The summed E-state index contributed by atoms with van der Waals surface area (Å²) >= 11 is 0. The molecule has 0 aliphatic heterocycles. The van der Waals surface area contributed by atoms with Crippen molar-refractivity contribution < 1.29 is 14.7 Å². The zero-order valence-corrected chi connectivity index (χ0v) is 29.1. The Labute approximate surface area is 289 Å². The SMILES string of the molecule is C.C=C(C)[C@@H]1CCC2(C#Cc3ccccc3C=O)CC[C@]3(C)C(CCC4C5(C)CC=C(c6ccc(C(=O)O)cc6)C(C)C5CCC43C)C12. The molecule has 5 aliphatic rings. The number of carboxylic acid groups (broad SMARTS) is 1. The van der Waals surface area contributed by atoms with Crippen LogP contribution in [0.25, 0.3) is 5.57 Å². The molecule has 4 fully saturated rings. The number of benzene rings is 2. The Hall–Kier alpha value is -3.38. The molecule has 10 atom stereocenters. The maximum absolute atomic E-state index is 11.8. The maximum atomic E-state index is 11.8. The molecule has 0 radical (unpaired) electrons. The van der Waals surface area contributed by atoms with Gasteiger partial charge in [0.1, 0.15) is 0 Å². The highest BCUT2D eigenvalue weighted by molar-refractivity contribution is 5.88. The Morgan fingerprint density at radius 3 is 2.33 bits per heavy atom. The molecule has 3 heteroatoms. The average molecular weight is 645 g/mol. The summed E-state index contributed by atoms with van der Waals surface area (Å²) in [6, 6.07) is 15.3. The molecule has 1 N–H and O–H groups in total. The second-order valence-corrected chi connectivity index (χ2v) is 16.9. The largest absolute Gasteiger partial charge is 0.478 e. The van der Waals surface area contributed by atoms with Crippen LogP contribution in [0.2, 0.25) is 0 Å². The van der Waals surface area contributed by atoms with Gasteiger partial charge in [-0.1, -0.05) is 95.5 Å². The number of hydrogen-bond acceptors (Lipinski definition) is 2. The molecule has 7 rings (SSSR count). The number of fused-ring (bicyclic) bond motifs is 7.